The number of aromatic nitrogens is 1. The quantitative estimate of drug-likeness (QED) is 0.857. The van der Waals surface area contributed by atoms with Crippen molar-refractivity contribution in [1.82, 2.24) is 4.98 Å². The number of rotatable bonds is 4. The molecule has 0 unspecified atom stereocenters. The maximum Gasteiger partial charge on any atom is 0.267 e. The number of anilines is 1. The van der Waals surface area contributed by atoms with Crippen molar-refractivity contribution in [3.8, 4) is 5.75 Å². The van der Waals surface area contributed by atoms with E-state index < -0.39 is 0 Å². The van der Waals surface area contributed by atoms with E-state index in [0.717, 1.165) is 15.2 Å². The number of carbonyl (C=O) groups excluding carboxylic acids is 1. The van der Waals surface area contributed by atoms with Gasteiger partial charge in [-0.2, -0.15) is 0 Å². The Labute approximate surface area is 136 Å². The third kappa shape index (κ3) is 3.63. The summed E-state index contributed by atoms with van der Waals surface area (Å²) < 4.78 is 6.14. The molecule has 1 aromatic carbocycles. The fraction of sp³-hybridized carbons (Fsp3) is 0.333. The van der Waals surface area contributed by atoms with Crippen LogP contribution < -0.4 is 10.1 Å². The normalized spacial score (nSPS) is 10.8. The molecule has 1 amide bonds. The van der Waals surface area contributed by atoms with Crippen molar-refractivity contribution < 1.29 is 9.53 Å². The van der Waals surface area contributed by atoms with E-state index in [-0.39, 0.29) is 5.91 Å². The number of thiazole rings is 1. The molecule has 21 heavy (non-hydrogen) atoms. The van der Waals surface area contributed by atoms with Crippen LogP contribution in [-0.4, -0.2) is 18.0 Å². The number of nitrogens with zero attached hydrogens (tertiary/aromatic N) is 1. The first-order valence-corrected chi connectivity index (χ1v) is 8.15. The van der Waals surface area contributed by atoms with Gasteiger partial charge in [0.05, 0.1) is 23.5 Å². The summed E-state index contributed by atoms with van der Waals surface area (Å²) in [6.45, 7) is 5.99. The lowest BCUT2D eigenvalue weighted by Crippen LogP contribution is -2.12. The van der Waals surface area contributed by atoms with E-state index in [0.29, 0.717) is 22.2 Å². The van der Waals surface area contributed by atoms with Gasteiger partial charge in [-0.3, -0.25) is 4.79 Å². The zero-order chi connectivity index (χ0) is 15.6. The van der Waals surface area contributed by atoms with Crippen molar-refractivity contribution in [2.24, 2.45) is 0 Å². The Kier molecular flexibility index (Phi) is 5.00. The maximum atomic E-state index is 12.4. The number of methoxy groups -OCH3 is 1. The zero-order valence-electron chi connectivity index (χ0n) is 12.4. The molecule has 0 spiro atoms. The van der Waals surface area contributed by atoms with Gasteiger partial charge in [-0.1, -0.05) is 29.8 Å². The number of hydrogen-bond acceptors (Lipinski definition) is 4. The summed E-state index contributed by atoms with van der Waals surface area (Å²) in [4.78, 5) is 17.5. The smallest absolute Gasteiger partial charge is 0.267 e. The molecule has 1 N–H and O–H groups in total. The summed E-state index contributed by atoms with van der Waals surface area (Å²) in [6, 6.07) is 5.48. The highest BCUT2D eigenvalue weighted by Crippen LogP contribution is 2.30. The van der Waals surface area contributed by atoms with Gasteiger partial charge in [-0.05, 0) is 25.1 Å². The van der Waals surface area contributed by atoms with Crippen LogP contribution >= 0.6 is 27.3 Å². The van der Waals surface area contributed by atoms with Gasteiger partial charge in [-0.15, -0.1) is 11.3 Å². The lowest BCUT2D eigenvalue weighted by molar-refractivity contribution is 0.102. The molecular weight excluding hydrogens is 352 g/mol. The van der Waals surface area contributed by atoms with E-state index in [9.17, 15) is 4.79 Å². The molecule has 0 radical (unpaired) electrons. The Morgan fingerprint density at radius 1 is 1.43 bits per heavy atom. The molecule has 0 aliphatic heterocycles. The second-order valence-corrected chi connectivity index (χ2v) is 6.87. The molecule has 0 atom stereocenters. The fourth-order valence-electron chi connectivity index (χ4n) is 1.83. The maximum absolute atomic E-state index is 12.4. The molecule has 0 saturated heterocycles. The first-order valence-electron chi connectivity index (χ1n) is 6.54. The van der Waals surface area contributed by atoms with Gasteiger partial charge in [0.1, 0.15) is 10.6 Å². The molecule has 6 heteroatoms. The highest BCUT2D eigenvalue weighted by molar-refractivity contribution is 9.10. The number of halogens is 1. The molecule has 112 valence electrons. The van der Waals surface area contributed by atoms with Gasteiger partial charge in [0.2, 0.25) is 0 Å². The standard InChI is InChI=1S/C15H17BrN2O2S/c1-8(2)15-17-9(3)13(21-15)14(19)18-11-7-10(16)5-6-12(11)20-4/h5-8H,1-4H3,(H,18,19). The van der Waals surface area contributed by atoms with E-state index in [1.807, 2.05) is 19.1 Å². The predicted molar refractivity (Wildman–Crippen MR) is 89.6 cm³/mol. The number of benzene rings is 1. The average Bonchev–Trinajstić information content (AvgIpc) is 2.81. The van der Waals surface area contributed by atoms with Gasteiger partial charge in [0, 0.05) is 10.4 Å². The van der Waals surface area contributed by atoms with Crippen LogP contribution in [0.1, 0.15) is 40.1 Å². The summed E-state index contributed by atoms with van der Waals surface area (Å²) in [6.07, 6.45) is 0. The Morgan fingerprint density at radius 2 is 2.14 bits per heavy atom. The number of aryl methyl sites for hydroxylation is 1. The molecular formula is C15H17BrN2O2S. The Morgan fingerprint density at radius 3 is 2.71 bits per heavy atom. The molecule has 0 bridgehead atoms. The minimum absolute atomic E-state index is 0.159. The number of carbonyl (C=O) groups is 1. The van der Waals surface area contributed by atoms with E-state index in [1.165, 1.54) is 11.3 Å². The van der Waals surface area contributed by atoms with Crippen LogP contribution in [0.3, 0.4) is 0 Å². The monoisotopic (exact) mass is 368 g/mol. The van der Waals surface area contributed by atoms with Crippen LogP contribution in [0.25, 0.3) is 0 Å². The third-order valence-corrected chi connectivity index (χ3v) is 4.87. The van der Waals surface area contributed by atoms with Gasteiger partial charge in [-0.25, -0.2) is 4.98 Å². The molecule has 0 fully saturated rings. The molecule has 2 rings (SSSR count). The molecule has 0 aliphatic carbocycles. The van der Waals surface area contributed by atoms with E-state index in [1.54, 1.807) is 13.2 Å². The minimum atomic E-state index is -0.159. The van der Waals surface area contributed by atoms with Crippen molar-refractivity contribution in [3.05, 3.63) is 38.3 Å². The Bertz CT molecular complexity index is 668. The molecule has 0 saturated carbocycles. The number of ether oxygens (including phenoxy) is 1. The summed E-state index contributed by atoms with van der Waals surface area (Å²) in [5, 5.41) is 3.86. The van der Waals surface area contributed by atoms with Crippen molar-refractivity contribution in [3.63, 3.8) is 0 Å². The summed E-state index contributed by atoms with van der Waals surface area (Å²) in [5.74, 6) is 0.779. The summed E-state index contributed by atoms with van der Waals surface area (Å²) >= 11 is 4.83. The van der Waals surface area contributed by atoms with Crippen LogP contribution in [0.2, 0.25) is 0 Å². The van der Waals surface area contributed by atoms with Crippen LogP contribution in [0.5, 0.6) is 5.75 Å². The second-order valence-electron chi connectivity index (χ2n) is 4.92. The SMILES string of the molecule is COc1ccc(Br)cc1NC(=O)c1sc(C(C)C)nc1C. The van der Waals surface area contributed by atoms with Crippen molar-refractivity contribution >= 4 is 38.9 Å². The predicted octanol–water partition coefficient (Wildman–Crippen LogP) is 4.60. The van der Waals surface area contributed by atoms with Crippen LogP contribution in [-0.2, 0) is 0 Å². The van der Waals surface area contributed by atoms with Crippen molar-refractivity contribution in [2.75, 3.05) is 12.4 Å². The number of hydrogen-bond donors (Lipinski definition) is 1. The largest absolute Gasteiger partial charge is 0.495 e. The average molecular weight is 369 g/mol. The third-order valence-electron chi connectivity index (χ3n) is 2.92. The van der Waals surface area contributed by atoms with E-state index in [2.05, 4.69) is 40.1 Å². The fourth-order valence-corrected chi connectivity index (χ4v) is 3.16. The summed E-state index contributed by atoms with van der Waals surface area (Å²) in [7, 11) is 1.58. The molecule has 0 aliphatic rings. The molecule has 4 nitrogen and oxygen atoms in total. The highest BCUT2D eigenvalue weighted by Gasteiger charge is 2.18. The van der Waals surface area contributed by atoms with Gasteiger partial charge in [0.15, 0.2) is 0 Å². The number of amides is 1. The Balaban J connectivity index is 2.28. The number of nitrogens with one attached hydrogen (secondary N) is 1. The van der Waals surface area contributed by atoms with Crippen LogP contribution in [0.4, 0.5) is 5.69 Å². The first kappa shape index (κ1) is 16.0. The van der Waals surface area contributed by atoms with Crippen molar-refractivity contribution in [1.29, 1.82) is 0 Å². The zero-order valence-corrected chi connectivity index (χ0v) is 14.8. The molecule has 1 aromatic heterocycles. The topological polar surface area (TPSA) is 51.2 Å². The highest BCUT2D eigenvalue weighted by atomic mass is 79.9. The molecule has 2 aromatic rings. The van der Waals surface area contributed by atoms with Gasteiger partial charge < -0.3 is 10.1 Å². The lowest BCUT2D eigenvalue weighted by Gasteiger charge is -2.10. The van der Waals surface area contributed by atoms with E-state index >= 15 is 0 Å². The minimum Gasteiger partial charge on any atom is -0.495 e. The van der Waals surface area contributed by atoms with Gasteiger partial charge in [0.25, 0.3) is 5.91 Å². The van der Waals surface area contributed by atoms with Gasteiger partial charge >= 0.3 is 0 Å². The van der Waals surface area contributed by atoms with E-state index in [4.69, 9.17) is 4.74 Å². The Hall–Kier alpha value is -1.40. The lowest BCUT2D eigenvalue weighted by atomic mass is 10.2. The second kappa shape index (κ2) is 6.58. The summed E-state index contributed by atoms with van der Waals surface area (Å²) in [5.41, 5.74) is 1.39. The van der Waals surface area contributed by atoms with Crippen LogP contribution in [0, 0.1) is 6.92 Å². The first-order chi connectivity index (χ1) is 9.92. The van der Waals surface area contributed by atoms with Crippen LogP contribution in [0.15, 0.2) is 22.7 Å². The van der Waals surface area contributed by atoms with Crippen molar-refractivity contribution in [2.45, 2.75) is 26.7 Å². The molecule has 1 heterocycles.